The number of aromatic nitrogens is 1. The molecule has 0 bridgehead atoms. The zero-order chi connectivity index (χ0) is 19.5. The van der Waals surface area contributed by atoms with Crippen LogP contribution >= 0.6 is 0 Å². The summed E-state index contributed by atoms with van der Waals surface area (Å²) >= 11 is 0. The van der Waals surface area contributed by atoms with E-state index in [-0.39, 0.29) is 30.9 Å². The highest BCUT2D eigenvalue weighted by molar-refractivity contribution is 5.82. The van der Waals surface area contributed by atoms with Crippen LogP contribution in [-0.4, -0.2) is 39.6 Å². The Morgan fingerprint density at radius 1 is 1.25 bits per heavy atom. The van der Waals surface area contributed by atoms with Gasteiger partial charge in [0.1, 0.15) is 6.04 Å². The summed E-state index contributed by atoms with van der Waals surface area (Å²) in [5.41, 5.74) is 4.39. The summed E-state index contributed by atoms with van der Waals surface area (Å²) in [6.45, 7) is -0.154. The Bertz CT molecular complexity index is 932. The number of rotatable bonds is 5. The fraction of sp³-hybridized carbons (Fsp3) is 0.348. The van der Waals surface area contributed by atoms with E-state index < -0.39 is 6.04 Å². The molecule has 142 valence electrons. The summed E-state index contributed by atoms with van der Waals surface area (Å²) < 4.78 is 0. The Balaban J connectivity index is 1.62. The van der Waals surface area contributed by atoms with Crippen molar-refractivity contribution in [3.8, 4) is 6.07 Å². The van der Waals surface area contributed by atoms with Crippen molar-refractivity contribution in [2.75, 3.05) is 6.61 Å². The Kier molecular flexibility index (Phi) is 5.23. The quantitative estimate of drug-likeness (QED) is 0.874. The normalized spacial score (nSPS) is 23.6. The number of amides is 1. The summed E-state index contributed by atoms with van der Waals surface area (Å²) in [4.78, 5) is 18.4. The molecule has 4 rings (SSSR count). The molecule has 1 aliphatic heterocycles. The molecular weight excluding hydrogens is 350 g/mol. The van der Waals surface area contributed by atoms with Crippen LogP contribution in [0.1, 0.15) is 41.9 Å². The van der Waals surface area contributed by atoms with Gasteiger partial charge in [0, 0.05) is 18.3 Å². The first-order chi connectivity index (χ1) is 13.7. The largest absolute Gasteiger partial charge is 0.394 e. The van der Waals surface area contributed by atoms with Crippen molar-refractivity contribution in [1.82, 2.24) is 9.88 Å². The minimum atomic E-state index is -0.561. The van der Waals surface area contributed by atoms with Crippen LogP contribution in [0.25, 0.3) is 5.57 Å². The highest BCUT2D eigenvalue weighted by atomic mass is 16.3. The molecule has 0 spiro atoms. The van der Waals surface area contributed by atoms with E-state index in [1.54, 1.807) is 29.4 Å². The van der Waals surface area contributed by atoms with Crippen molar-refractivity contribution < 1.29 is 9.90 Å². The molecule has 1 fully saturated rings. The van der Waals surface area contributed by atoms with E-state index in [9.17, 15) is 15.2 Å². The molecular formula is C23H23N3O2. The lowest BCUT2D eigenvalue weighted by Gasteiger charge is -2.52. The first-order valence-corrected chi connectivity index (χ1v) is 9.73. The smallest absolute Gasteiger partial charge is 0.228 e. The van der Waals surface area contributed by atoms with E-state index in [0.717, 1.165) is 36.0 Å². The van der Waals surface area contributed by atoms with Gasteiger partial charge in [-0.2, -0.15) is 5.26 Å². The van der Waals surface area contributed by atoms with Gasteiger partial charge in [0.15, 0.2) is 0 Å². The van der Waals surface area contributed by atoms with Crippen LogP contribution in [0.3, 0.4) is 0 Å². The van der Waals surface area contributed by atoms with E-state index in [1.807, 2.05) is 18.2 Å². The van der Waals surface area contributed by atoms with Gasteiger partial charge in [0.2, 0.25) is 5.91 Å². The van der Waals surface area contributed by atoms with Crippen molar-refractivity contribution in [3.05, 3.63) is 71.6 Å². The number of carbonyl (C=O) groups is 1. The lowest BCUT2D eigenvalue weighted by molar-refractivity contribution is -0.146. The number of hydrogen-bond acceptors (Lipinski definition) is 4. The summed E-state index contributed by atoms with van der Waals surface area (Å²) in [7, 11) is 0. The van der Waals surface area contributed by atoms with Crippen molar-refractivity contribution in [2.45, 2.75) is 43.7 Å². The second kappa shape index (κ2) is 7.95. The van der Waals surface area contributed by atoms with Gasteiger partial charge in [0.25, 0.3) is 0 Å². The number of carbonyl (C=O) groups excluding carboxylic acids is 1. The van der Waals surface area contributed by atoms with Crippen LogP contribution in [0.15, 0.2) is 54.9 Å². The molecule has 0 saturated carbocycles. The predicted molar refractivity (Wildman–Crippen MR) is 106 cm³/mol. The molecule has 1 aliphatic carbocycles. The van der Waals surface area contributed by atoms with Crippen LogP contribution in [-0.2, 0) is 11.2 Å². The van der Waals surface area contributed by atoms with Crippen LogP contribution in [0, 0.1) is 11.3 Å². The summed E-state index contributed by atoms with van der Waals surface area (Å²) in [6, 6.07) is 13.1. The van der Waals surface area contributed by atoms with E-state index in [1.165, 1.54) is 5.57 Å². The molecule has 1 aromatic heterocycles. The predicted octanol–water partition coefficient (Wildman–Crippen LogP) is 3.07. The number of allylic oxidation sites excluding steroid dienone is 2. The molecule has 1 aromatic carbocycles. The Morgan fingerprint density at radius 2 is 2.04 bits per heavy atom. The third-order valence-electron chi connectivity index (χ3n) is 5.83. The summed E-state index contributed by atoms with van der Waals surface area (Å²) in [6.07, 6.45) is 9.04. The fourth-order valence-corrected chi connectivity index (χ4v) is 4.48. The average molecular weight is 373 g/mol. The van der Waals surface area contributed by atoms with Gasteiger partial charge in [-0.05, 0) is 53.7 Å². The summed E-state index contributed by atoms with van der Waals surface area (Å²) in [5, 5.41) is 19.9. The number of pyridine rings is 1. The number of nitriles is 1. The van der Waals surface area contributed by atoms with Crippen molar-refractivity contribution in [3.63, 3.8) is 0 Å². The number of nitrogens with zero attached hydrogens (tertiary/aromatic N) is 3. The van der Waals surface area contributed by atoms with E-state index in [0.29, 0.717) is 0 Å². The molecule has 2 heterocycles. The zero-order valence-electron chi connectivity index (χ0n) is 15.7. The van der Waals surface area contributed by atoms with Gasteiger partial charge in [-0.1, -0.05) is 30.3 Å². The third kappa shape index (κ3) is 3.21. The monoisotopic (exact) mass is 373 g/mol. The molecule has 1 saturated heterocycles. The van der Waals surface area contributed by atoms with Crippen molar-refractivity contribution in [2.24, 2.45) is 0 Å². The van der Waals surface area contributed by atoms with Gasteiger partial charge in [0.05, 0.1) is 25.1 Å². The van der Waals surface area contributed by atoms with Crippen molar-refractivity contribution in [1.29, 1.82) is 5.26 Å². The molecule has 5 heteroatoms. The number of aliphatic hydroxyl groups is 1. The molecule has 1 N–H and O–H groups in total. The minimum Gasteiger partial charge on any atom is -0.394 e. The highest BCUT2D eigenvalue weighted by Gasteiger charge is 2.52. The topological polar surface area (TPSA) is 77.2 Å². The third-order valence-corrected chi connectivity index (χ3v) is 5.83. The van der Waals surface area contributed by atoms with E-state index in [4.69, 9.17) is 0 Å². The highest BCUT2D eigenvalue weighted by Crippen LogP contribution is 2.44. The molecule has 2 aliphatic rings. The van der Waals surface area contributed by atoms with Crippen LogP contribution in [0.4, 0.5) is 0 Å². The maximum Gasteiger partial charge on any atom is 0.228 e. The van der Waals surface area contributed by atoms with Gasteiger partial charge >= 0.3 is 0 Å². The first-order valence-electron chi connectivity index (χ1n) is 9.73. The fourth-order valence-electron chi connectivity index (χ4n) is 4.48. The zero-order valence-corrected chi connectivity index (χ0v) is 15.7. The second-order valence-corrected chi connectivity index (χ2v) is 7.39. The molecule has 2 aromatic rings. The molecule has 0 radical (unpaired) electrons. The Labute approximate surface area is 164 Å². The lowest BCUT2D eigenvalue weighted by Crippen LogP contribution is -2.65. The van der Waals surface area contributed by atoms with Gasteiger partial charge < -0.3 is 10.0 Å². The van der Waals surface area contributed by atoms with Gasteiger partial charge in [-0.15, -0.1) is 0 Å². The number of likely N-dealkylation sites (tertiary alicyclic amines) is 1. The Hall–Kier alpha value is -2.97. The maximum absolute atomic E-state index is 12.9. The van der Waals surface area contributed by atoms with Gasteiger partial charge in [-0.25, -0.2) is 0 Å². The SMILES string of the molecule is N#C[C@@H]1[C@H](c2ccccc2C2=CCCC2)[C@@H](CO)N1C(=O)Cc1ccncc1. The van der Waals surface area contributed by atoms with E-state index >= 15 is 0 Å². The average Bonchev–Trinajstić information content (AvgIpc) is 3.24. The van der Waals surface area contributed by atoms with E-state index in [2.05, 4.69) is 23.2 Å². The van der Waals surface area contributed by atoms with Crippen LogP contribution in [0.5, 0.6) is 0 Å². The maximum atomic E-state index is 12.9. The minimum absolute atomic E-state index is 0.134. The molecule has 3 atom stereocenters. The standard InChI is InChI=1S/C23H23N3O2/c24-14-20-23(19-8-4-3-7-18(19)17-5-1-2-6-17)21(15-27)26(20)22(28)13-16-9-11-25-12-10-16/h3-5,7-12,20-21,23,27H,1-2,6,13,15H2/t20-,21-,23+/m1/s1. The number of aliphatic hydroxyl groups excluding tert-OH is 1. The number of hydrogen-bond donors (Lipinski definition) is 1. The van der Waals surface area contributed by atoms with Gasteiger partial charge in [-0.3, -0.25) is 9.78 Å². The van der Waals surface area contributed by atoms with Crippen LogP contribution in [0.2, 0.25) is 0 Å². The second-order valence-electron chi connectivity index (χ2n) is 7.39. The molecule has 28 heavy (non-hydrogen) atoms. The van der Waals surface area contributed by atoms with Crippen LogP contribution < -0.4 is 0 Å². The molecule has 5 nitrogen and oxygen atoms in total. The Morgan fingerprint density at radius 3 is 2.71 bits per heavy atom. The summed E-state index contributed by atoms with van der Waals surface area (Å²) in [5.74, 6) is -0.306. The first kappa shape index (κ1) is 18.4. The van der Waals surface area contributed by atoms with Crippen molar-refractivity contribution >= 4 is 11.5 Å². The molecule has 1 amide bonds. The lowest BCUT2D eigenvalue weighted by atomic mass is 9.73. The molecule has 0 unspecified atom stereocenters. The number of benzene rings is 1.